The van der Waals surface area contributed by atoms with Crippen LogP contribution in [0.1, 0.15) is 54.9 Å². The van der Waals surface area contributed by atoms with Crippen LogP contribution in [0.25, 0.3) is 0 Å². The number of aromatic nitrogens is 5. The number of tetrazole rings is 1. The highest BCUT2D eigenvalue weighted by molar-refractivity contribution is 7.99. The van der Waals surface area contributed by atoms with Gasteiger partial charge >= 0.3 is 12.1 Å². The molecule has 2 aliphatic heterocycles. The molecule has 43 heavy (non-hydrogen) atoms. The number of anilines is 1. The number of carbonyl (C=O) groups is 3. The highest BCUT2D eigenvalue weighted by Crippen LogP contribution is 2.29. The average molecular weight is 609 g/mol. The standard InChI is InChI=1S/C29H36N8O5S/c1-20-3-2-13-35(18-20)19-21-4-6-22(7-5-21)27(40)31-23-8-9-25(30-17-23)42-29(41)36-14-10-24(11-15-36)43-28-32-33-34-37(28)16-12-26(38)39/h4-9,17,20,24H,2-3,10-16,18-19H2,1H3,(H,31,40)(H,38,39). The Morgan fingerprint density at radius 1 is 1.07 bits per heavy atom. The van der Waals surface area contributed by atoms with Gasteiger partial charge in [0.2, 0.25) is 11.0 Å². The highest BCUT2D eigenvalue weighted by atomic mass is 32.2. The van der Waals surface area contributed by atoms with Gasteiger partial charge in [0.25, 0.3) is 5.91 Å². The lowest BCUT2D eigenvalue weighted by Crippen LogP contribution is -2.41. The lowest BCUT2D eigenvalue weighted by atomic mass is 9.99. The minimum atomic E-state index is -0.911. The van der Waals surface area contributed by atoms with E-state index in [1.165, 1.54) is 41.0 Å². The number of benzene rings is 1. The second-order valence-electron chi connectivity index (χ2n) is 11.0. The van der Waals surface area contributed by atoms with Crippen LogP contribution in [0.5, 0.6) is 5.88 Å². The van der Waals surface area contributed by atoms with Gasteiger partial charge in [-0.1, -0.05) is 30.8 Å². The number of rotatable bonds is 10. The molecule has 0 radical (unpaired) electrons. The molecule has 2 fully saturated rings. The summed E-state index contributed by atoms with van der Waals surface area (Å²) in [5, 5.41) is 24.0. The van der Waals surface area contributed by atoms with E-state index >= 15 is 0 Å². The third-order valence-corrected chi connectivity index (χ3v) is 8.87. The first-order chi connectivity index (χ1) is 20.8. The zero-order valence-corrected chi connectivity index (χ0v) is 24.9. The summed E-state index contributed by atoms with van der Waals surface area (Å²) in [6, 6.07) is 10.9. The predicted octanol–water partition coefficient (Wildman–Crippen LogP) is 3.78. The molecule has 3 aromatic rings. The van der Waals surface area contributed by atoms with E-state index in [4.69, 9.17) is 9.84 Å². The lowest BCUT2D eigenvalue weighted by Gasteiger charge is -2.30. The van der Waals surface area contributed by atoms with Crippen LogP contribution >= 0.6 is 11.8 Å². The summed E-state index contributed by atoms with van der Waals surface area (Å²) in [6.45, 7) is 6.61. The zero-order chi connectivity index (χ0) is 30.2. The molecule has 0 bridgehead atoms. The van der Waals surface area contributed by atoms with Crippen LogP contribution in [-0.2, 0) is 17.9 Å². The quantitative estimate of drug-likeness (QED) is 0.345. The second-order valence-corrected chi connectivity index (χ2v) is 12.3. The first-order valence-electron chi connectivity index (χ1n) is 14.5. The Labute approximate surface area is 254 Å². The largest absolute Gasteiger partial charge is 0.481 e. The van der Waals surface area contributed by atoms with Gasteiger partial charge in [-0.2, -0.15) is 0 Å². The summed E-state index contributed by atoms with van der Waals surface area (Å²) < 4.78 is 6.95. The number of carbonyl (C=O) groups excluding carboxylic acids is 2. The molecule has 228 valence electrons. The number of thioether (sulfide) groups is 1. The third kappa shape index (κ3) is 8.74. The van der Waals surface area contributed by atoms with Gasteiger partial charge in [0.05, 0.1) is 24.8 Å². The van der Waals surface area contributed by atoms with Crippen molar-refractivity contribution in [2.75, 3.05) is 31.5 Å². The number of aliphatic carboxylic acids is 1. The summed E-state index contributed by atoms with van der Waals surface area (Å²) >= 11 is 1.49. The van der Waals surface area contributed by atoms with Crippen molar-refractivity contribution < 1.29 is 24.2 Å². The monoisotopic (exact) mass is 608 g/mol. The van der Waals surface area contributed by atoms with E-state index in [2.05, 4.69) is 37.6 Å². The van der Waals surface area contributed by atoms with Crippen LogP contribution in [0.3, 0.4) is 0 Å². The van der Waals surface area contributed by atoms with Crippen molar-refractivity contribution in [2.45, 2.75) is 62.5 Å². The fourth-order valence-corrected chi connectivity index (χ4v) is 6.33. The molecule has 2 aromatic heterocycles. The smallest absolute Gasteiger partial charge is 0.416 e. The van der Waals surface area contributed by atoms with Gasteiger partial charge in [0.15, 0.2) is 0 Å². The number of hydrogen-bond acceptors (Lipinski definition) is 10. The molecule has 2 saturated heterocycles. The predicted molar refractivity (Wildman–Crippen MR) is 159 cm³/mol. The summed E-state index contributed by atoms with van der Waals surface area (Å²) in [4.78, 5) is 44.6. The average Bonchev–Trinajstić information content (AvgIpc) is 3.44. The number of piperidine rings is 2. The molecule has 0 saturated carbocycles. The number of aryl methyl sites for hydroxylation is 1. The summed E-state index contributed by atoms with van der Waals surface area (Å²) in [6.07, 6.45) is 4.86. The number of likely N-dealkylation sites (tertiary alicyclic amines) is 2. The number of carboxylic acid groups (broad SMARTS) is 1. The molecule has 2 amide bonds. The Morgan fingerprint density at radius 3 is 2.56 bits per heavy atom. The number of nitrogens with zero attached hydrogens (tertiary/aromatic N) is 7. The molecule has 0 aliphatic carbocycles. The van der Waals surface area contributed by atoms with Crippen molar-refractivity contribution in [1.82, 2.24) is 35.0 Å². The van der Waals surface area contributed by atoms with Crippen LogP contribution in [0.2, 0.25) is 0 Å². The molecule has 2 aliphatic rings. The number of ether oxygens (including phenoxy) is 1. The van der Waals surface area contributed by atoms with E-state index in [0.29, 0.717) is 42.3 Å². The van der Waals surface area contributed by atoms with Crippen LogP contribution < -0.4 is 10.1 Å². The van der Waals surface area contributed by atoms with Crippen molar-refractivity contribution in [1.29, 1.82) is 0 Å². The van der Waals surface area contributed by atoms with Crippen molar-refractivity contribution in [3.05, 3.63) is 53.7 Å². The molecule has 2 N–H and O–H groups in total. The lowest BCUT2D eigenvalue weighted by molar-refractivity contribution is -0.137. The number of hydrogen-bond donors (Lipinski definition) is 2. The molecule has 4 heterocycles. The van der Waals surface area contributed by atoms with Gasteiger partial charge < -0.3 is 20.1 Å². The Bertz CT molecular complexity index is 1390. The highest BCUT2D eigenvalue weighted by Gasteiger charge is 2.26. The maximum Gasteiger partial charge on any atom is 0.416 e. The van der Waals surface area contributed by atoms with Crippen molar-refractivity contribution >= 4 is 35.4 Å². The molecule has 14 heteroatoms. The number of nitrogens with one attached hydrogen (secondary N) is 1. The second kappa shape index (κ2) is 14.4. The molecule has 0 spiro atoms. The van der Waals surface area contributed by atoms with E-state index in [-0.39, 0.29) is 30.0 Å². The Hall–Kier alpha value is -4.04. The Kier molecular flexibility index (Phi) is 10.2. The summed E-state index contributed by atoms with van der Waals surface area (Å²) in [7, 11) is 0. The van der Waals surface area contributed by atoms with Gasteiger partial charge in [0.1, 0.15) is 0 Å². The van der Waals surface area contributed by atoms with Gasteiger partial charge in [0, 0.05) is 43.1 Å². The fourth-order valence-electron chi connectivity index (χ4n) is 5.25. The zero-order valence-electron chi connectivity index (χ0n) is 24.1. The Balaban J connectivity index is 1.05. The summed E-state index contributed by atoms with van der Waals surface area (Å²) in [5.74, 6) is -0.274. The normalized spacial score (nSPS) is 17.9. The summed E-state index contributed by atoms with van der Waals surface area (Å²) in [5.41, 5.74) is 2.25. The van der Waals surface area contributed by atoms with Crippen molar-refractivity contribution in [2.24, 2.45) is 5.92 Å². The van der Waals surface area contributed by atoms with E-state index in [1.54, 1.807) is 17.0 Å². The molecule has 1 atom stereocenters. The molecule has 1 unspecified atom stereocenters. The maximum atomic E-state index is 12.8. The van der Waals surface area contributed by atoms with Gasteiger partial charge in [-0.05, 0) is 72.3 Å². The van der Waals surface area contributed by atoms with E-state index in [0.717, 1.165) is 25.6 Å². The topological polar surface area (TPSA) is 156 Å². The molecular formula is C29H36N8O5S. The van der Waals surface area contributed by atoms with Crippen LogP contribution in [0.4, 0.5) is 10.5 Å². The third-order valence-electron chi connectivity index (χ3n) is 7.56. The first kappa shape index (κ1) is 30.4. The van der Waals surface area contributed by atoms with Crippen molar-refractivity contribution in [3.63, 3.8) is 0 Å². The van der Waals surface area contributed by atoms with Crippen LogP contribution in [0, 0.1) is 5.92 Å². The van der Waals surface area contributed by atoms with Crippen molar-refractivity contribution in [3.8, 4) is 5.88 Å². The van der Waals surface area contributed by atoms with Crippen LogP contribution in [0.15, 0.2) is 47.8 Å². The fraction of sp³-hybridized carbons (Fsp3) is 0.483. The first-order valence-corrected chi connectivity index (χ1v) is 15.4. The van der Waals surface area contributed by atoms with Gasteiger partial charge in [-0.15, -0.1) is 5.10 Å². The van der Waals surface area contributed by atoms with Gasteiger partial charge in [-0.25, -0.2) is 14.5 Å². The molecule has 5 rings (SSSR count). The minimum absolute atomic E-state index is 0.0589. The number of pyridine rings is 1. The van der Waals surface area contributed by atoms with E-state index in [9.17, 15) is 14.4 Å². The van der Waals surface area contributed by atoms with Gasteiger partial charge in [-0.3, -0.25) is 14.5 Å². The molecule has 13 nitrogen and oxygen atoms in total. The minimum Gasteiger partial charge on any atom is -0.481 e. The number of amides is 2. The molecule has 1 aromatic carbocycles. The van der Waals surface area contributed by atoms with E-state index < -0.39 is 12.1 Å². The number of carboxylic acids is 1. The van der Waals surface area contributed by atoms with Crippen LogP contribution in [-0.4, -0.2) is 89.5 Å². The Morgan fingerprint density at radius 2 is 1.86 bits per heavy atom. The van der Waals surface area contributed by atoms with E-state index in [1.807, 2.05) is 24.3 Å². The maximum absolute atomic E-state index is 12.8. The SMILES string of the molecule is CC1CCCN(Cc2ccc(C(=O)Nc3ccc(OC(=O)N4CCC(Sc5nnnn5CCC(=O)O)CC4)nc3)cc2)C1. The molecular weight excluding hydrogens is 572 g/mol.